The van der Waals surface area contributed by atoms with Crippen LogP contribution in [0.3, 0.4) is 0 Å². The summed E-state index contributed by atoms with van der Waals surface area (Å²) < 4.78 is 101. The largest absolute Gasteiger partial charge is 0.741 e. The van der Waals surface area contributed by atoms with E-state index in [1.54, 1.807) is 19.9 Å². The minimum absolute atomic E-state index is 0.0452. The minimum Gasteiger partial charge on any atom is -0.741 e. The lowest BCUT2D eigenvalue weighted by Crippen LogP contribution is -2.67. The molecule has 4 saturated carbocycles. The van der Waals surface area contributed by atoms with Gasteiger partial charge in [-0.15, -0.1) is 0 Å². The molecule has 21 atom stereocenters. The highest BCUT2D eigenvalue weighted by atomic mass is 32.2. The third kappa shape index (κ3) is 9.36. The highest BCUT2D eigenvalue weighted by Crippen LogP contribution is 2.70. The second-order valence-electron chi connectivity index (χ2n) is 19.7. The van der Waals surface area contributed by atoms with E-state index in [0.29, 0.717) is 18.8 Å². The van der Waals surface area contributed by atoms with Crippen LogP contribution in [0.5, 0.6) is 0 Å². The molecule has 21 heteroatoms. The normalized spacial score (nSPS) is 50.3. The number of cyclic esters (lactones) is 1. The van der Waals surface area contributed by atoms with E-state index in [1.807, 2.05) is 13.8 Å². The summed E-state index contributed by atoms with van der Waals surface area (Å²) in [6.07, 6.45) is -1.51. The fraction of sp³-hybridized carbons (Fsp3) is 0.929. The first kappa shape index (κ1) is 49.3. The molecule has 4 aliphatic heterocycles. The van der Waals surface area contributed by atoms with E-state index in [9.17, 15) is 48.6 Å². The zero-order chi connectivity index (χ0) is 46.2. The Labute approximate surface area is 365 Å². The van der Waals surface area contributed by atoms with Gasteiger partial charge in [0.05, 0.1) is 54.4 Å². The zero-order valence-electron chi connectivity index (χ0n) is 36.2. The number of rotatable bonds is 7. The Hall–Kier alpha value is -1.57. The van der Waals surface area contributed by atoms with E-state index in [1.165, 1.54) is 0 Å². The lowest BCUT2D eigenvalue weighted by molar-refractivity contribution is -0.336. The van der Waals surface area contributed by atoms with Crippen LogP contribution in [0.25, 0.3) is 0 Å². The molecule has 0 aromatic carbocycles. The fourth-order valence-electron chi connectivity index (χ4n) is 12.8. The van der Waals surface area contributed by atoms with Crippen molar-refractivity contribution in [3.63, 3.8) is 0 Å². The molecule has 17 nitrogen and oxygen atoms in total. The zero-order valence-corrected chi connectivity index (χ0v) is 37.0. The van der Waals surface area contributed by atoms with E-state index >= 15 is 0 Å². The molecular formula is C42H64F3O17S-. The standard InChI is InChI=1S/C41H64O14.CHF3O3S/c1-19-36(47)28(42)15-34(50-19)54-38-21(3)52-35(17-30(38)44)55-37-20(2)51-33(16-29(37)43)53-24-8-10-39(4)23(13-24)6-7-26-27(39)14-31(45)40(5)25(9-11-41(26,40)48)22-12-32(46)49-18-22;2-1(3,4)8(5,6)7/h12,19-21,23-31,33-38,42-45,47-48H,6-11,13-18H2,1-5H3;(H,5,6,7)/p-1/t19-,20-,21-,23-,24+,25-,26-,27+,28+,29+,30+,31-,33+,34+,35+,36-,37-,38-,39+,40+,41+;/m1./s1. The predicted octanol–water partition coefficient (Wildman–Crippen LogP) is 2.27. The molecule has 4 heterocycles. The summed E-state index contributed by atoms with van der Waals surface area (Å²) in [6, 6.07) is 0. The van der Waals surface area contributed by atoms with Gasteiger partial charge >= 0.3 is 11.5 Å². The maximum absolute atomic E-state index is 12.6. The third-order valence-electron chi connectivity index (χ3n) is 16.2. The van der Waals surface area contributed by atoms with Gasteiger partial charge in [0.1, 0.15) is 24.9 Å². The molecule has 3 saturated heterocycles. The van der Waals surface area contributed by atoms with Gasteiger partial charge in [0, 0.05) is 30.8 Å². The second kappa shape index (κ2) is 18.2. The van der Waals surface area contributed by atoms with E-state index < -0.39 is 107 Å². The van der Waals surface area contributed by atoms with Crippen molar-refractivity contribution in [2.75, 3.05) is 6.61 Å². The van der Waals surface area contributed by atoms with Crippen LogP contribution in [-0.4, -0.2) is 153 Å². The molecule has 4 aliphatic carbocycles. The van der Waals surface area contributed by atoms with Gasteiger partial charge in [-0.2, -0.15) is 13.2 Å². The van der Waals surface area contributed by atoms with Crippen molar-refractivity contribution in [1.29, 1.82) is 0 Å². The summed E-state index contributed by atoms with van der Waals surface area (Å²) in [6.45, 7) is 9.90. The molecular weight excluding hydrogens is 866 g/mol. The highest BCUT2D eigenvalue weighted by molar-refractivity contribution is 7.86. The average molecular weight is 930 g/mol. The lowest BCUT2D eigenvalue weighted by atomic mass is 9.42. The molecule has 8 aliphatic rings. The molecule has 8 rings (SSSR count). The van der Waals surface area contributed by atoms with Crippen LogP contribution in [0, 0.1) is 34.5 Å². The fourth-order valence-corrected chi connectivity index (χ4v) is 12.8. The summed E-state index contributed by atoms with van der Waals surface area (Å²) >= 11 is 0. The minimum atomic E-state index is -6.09. The quantitative estimate of drug-likeness (QED) is 0.0926. The number of halogens is 3. The number of esters is 1. The lowest BCUT2D eigenvalue weighted by Gasteiger charge is -2.65. The molecule has 63 heavy (non-hydrogen) atoms. The number of hydrogen-bond donors (Lipinski definition) is 6. The van der Waals surface area contributed by atoms with Crippen LogP contribution in [0.1, 0.15) is 105 Å². The van der Waals surface area contributed by atoms with Crippen LogP contribution in [0.2, 0.25) is 0 Å². The van der Waals surface area contributed by atoms with Crippen molar-refractivity contribution >= 4 is 16.1 Å². The van der Waals surface area contributed by atoms with Crippen molar-refractivity contribution in [2.45, 2.75) is 202 Å². The molecule has 0 unspecified atom stereocenters. The van der Waals surface area contributed by atoms with Gasteiger partial charge in [-0.3, -0.25) is 0 Å². The number of hydrogen-bond acceptors (Lipinski definition) is 17. The number of alkyl halides is 3. The third-order valence-corrected chi connectivity index (χ3v) is 16.8. The summed E-state index contributed by atoms with van der Waals surface area (Å²) in [5, 5.41) is 66.9. The van der Waals surface area contributed by atoms with Gasteiger partial charge in [-0.25, -0.2) is 13.2 Å². The smallest absolute Gasteiger partial charge is 0.485 e. The number of aliphatic hydroxyl groups is 6. The maximum atomic E-state index is 12.6. The first-order valence-electron chi connectivity index (χ1n) is 22.2. The number of aliphatic hydroxyl groups excluding tert-OH is 5. The van der Waals surface area contributed by atoms with E-state index in [4.69, 9.17) is 46.1 Å². The van der Waals surface area contributed by atoms with Crippen LogP contribution >= 0.6 is 0 Å². The molecule has 0 aromatic rings. The molecule has 362 valence electrons. The van der Waals surface area contributed by atoms with E-state index in [0.717, 1.165) is 44.1 Å². The summed E-state index contributed by atoms with van der Waals surface area (Å²) in [5.41, 5.74) is -6.54. The average Bonchev–Trinajstić information content (AvgIpc) is 3.73. The Morgan fingerprint density at radius 1 is 0.746 bits per heavy atom. The second-order valence-corrected chi connectivity index (χ2v) is 21.1. The first-order valence-corrected chi connectivity index (χ1v) is 23.6. The van der Waals surface area contributed by atoms with E-state index in [2.05, 4.69) is 6.92 Å². The van der Waals surface area contributed by atoms with Gasteiger partial charge in [0.25, 0.3) is 0 Å². The van der Waals surface area contributed by atoms with Gasteiger partial charge in [-0.05, 0) is 107 Å². The van der Waals surface area contributed by atoms with Crippen LogP contribution in [0.15, 0.2) is 11.6 Å². The molecule has 6 N–H and O–H groups in total. The molecule has 0 radical (unpaired) electrons. The number of carbonyl (C=O) groups excluding carboxylic acids is 1. The number of fused-ring (bicyclic) bond motifs is 5. The number of ether oxygens (including phenoxy) is 7. The van der Waals surface area contributed by atoms with Crippen molar-refractivity contribution in [1.82, 2.24) is 0 Å². The Morgan fingerprint density at radius 2 is 1.29 bits per heavy atom. The van der Waals surface area contributed by atoms with Gasteiger partial charge in [0.2, 0.25) is 0 Å². The topological polar surface area (TPSA) is 260 Å². The predicted molar refractivity (Wildman–Crippen MR) is 208 cm³/mol. The van der Waals surface area contributed by atoms with Crippen molar-refractivity contribution in [2.24, 2.45) is 34.5 Å². The van der Waals surface area contributed by atoms with Gasteiger partial charge in [0.15, 0.2) is 29.0 Å². The Morgan fingerprint density at radius 3 is 1.79 bits per heavy atom. The summed E-state index contributed by atoms with van der Waals surface area (Å²) in [7, 11) is -6.09. The van der Waals surface area contributed by atoms with Crippen molar-refractivity contribution in [3.05, 3.63) is 11.6 Å². The highest BCUT2D eigenvalue weighted by Gasteiger charge is 2.71. The molecule has 7 fully saturated rings. The van der Waals surface area contributed by atoms with Crippen molar-refractivity contribution in [3.8, 4) is 0 Å². The van der Waals surface area contributed by atoms with Gasteiger partial charge < -0.3 is 68.3 Å². The van der Waals surface area contributed by atoms with E-state index in [-0.39, 0.29) is 61.1 Å². The van der Waals surface area contributed by atoms with Crippen molar-refractivity contribution < 1.29 is 94.7 Å². The maximum Gasteiger partial charge on any atom is 0.485 e. The molecule has 0 aromatic heterocycles. The van der Waals surface area contributed by atoms with Gasteiger partial charge in [-0.1, -0.05) is 13.8 Å². The Bertz CT molecular complexity index is 1750. The molecule has 0 bridgehead atoms. The van der Waals surface area contributed by atoms with Crippen LogP contribution < -0.4 is 0 Å². The molecule has 0 spiro atoms. The number of carbonyl (C=O) groups is 1. The van der Waals surface area contributed by atoms with Crippen LogP contribution in [-0.2, 0) is 48.1 Å². The summed E-state index contributed by atoms with van der Waals surface area (Å²) in [5.74, 6) is 0.204. The molecule has 0 amide bonds. The SMILES string of the molecule is C[C@H]1O[C@@H](O[C@H]2[C@@H](O)C[C@H](O[C@H]3[C@@H](O)C[C@H](O[C@H]4CC[C@@]5(C)[C@H](CC[C@@H]6[C@@H]5C[C@@H](O)[C@]5(C)[C@@H](C7=CC(=O)OC7)CC[C@]65O)C4)O[C@@H]3C)O[C@@H]2C)C[C@H](O)[C@@H]1O.O=S(=O)([O-])C(F)(F)F. The first-order chi connectivity index (χ1) is 29.3. The van der Waals surface area contributed by atoms with Crippen LogP contribution in [0.4, 0.5) is 13.2 Å². The summed E-state index contributed by atoms with van der Waals surface area (Å²) in [4.78, 5) is 11.9. The Balaban J connectivity index is 0.000000679. The Kier molecular flexibility index (Phi) is 14.2. The monoisotopic (exact) mass is 929 g/mol.